The number of amides is 1. The Balaban J connectivity index is 2.00. The molecule has 2 aliphatic heterocycles. The molecule has 1 fully saturated rings. The predicted molar refractivity (Wildman–Crippen MR) is 57.4 cm³/mol. The number of carbonyl (C=O) groups is 1. The fourth-order valence-corrected chi connectivity index (χ4v) is 2.41. The highest BCUT2D eigenvalue weighted by atomic mass is 16.5. The van der Waals surface area contributed by atoms with Crippen LogP contribution in [0.25, 0.3) is 0 Å². The van der Waals surface area contributed by atoms with Crippen molar-refractivity contribution >= 4 is 5.91 Å². The van der Waals surface area contributed by atoms with Crippen molar-refractivity contribution in [2.24, 2.45) is 0 Å². The van der Waals surface area contributed by atoms with E-state index in [-0.39, 0.29) is 11.9 Å². The van der Waals surface area contributed by atoms with E-state index in [0.717, 1.165) is 0 Å². The summed E-state index contributed by atoms with van der Waals surface area (Å²) in [4.78, 5) is 13.9. The minimum absolute atomic E-state index is 0.00917. The summed E-state index contributed by atoms with van der Waals surface area (Å²) in [6.45, 7) is 0.890. The molecule has 0 radical (unpaired) electrons. The summed E-state index contributed by atoms with van der Waals surface area (Å²) in [7, 11) is 0. The van der Waals surface area contributed by atoms with Crippen molar-refractivity contribution in [3.05, 3.63) is 29.8 Å². The van der Waals surface area contributed by atoms with Gasteiger partial charge in [-0.3, -0.25) is 4.79 Å². The summed E-state index contributed by atoms with van der Waals surface area (Å²) in [5.41, 5.74) is 0.596. The number of aliphatic hydroxyl groups is 1. The maximum atomic E-state index is 12.2. The number of nitrogens with zero attached hydrogens (tertiary/aromatic N) is 1. The topological polar surface area (TPSA) is 49.8 Å². The molecule has 4 nitrogen and oxygen atoms in total. The first kappa shape index (κ1) is 9.66. The van der Waals surface area contributed by atoms with Gasteiger partial charge in [-0.1, -0.05) is 12.1 Å². The zero-order valence-corrected chi connectivity index (χ0v) is 8.80. The molecule has 1 amide bonds. The Kier molecular flexibility index (Phi) is 2.11. The highest BCUT2D eigenvalue weighted by Crippen LogP contribution is 2.29. The molecule has 84 valence electrons. The second-order valence-corrected chi connectivity index (χ2v) is 4.31. The molecule has 4 heteroatoms. The van der Waals surface area contributed by atoms with Gasteiger partial charge in [-0.2, -0.15) is 0 Å². The predicted octanol–water partition coefficient (Wildman–Crippen LogP) is 0.654. The number of hydrogen-bond donors (Lipinski definition) is 1. The molecule has 2 heterocycles. The van der Waals surface area contributed by atoms with E-state index < -0.39 is 6.10 Å². The van der Waals surface area contributed by atoms with Crippen molar-refractivity contribution in [1.82, 2.24) is 4.90 Å². The fourth-order valence-electron chi connectivity index (χ4n) is 2.41. The van der Waals surface area contributed by atoms with Crippen LogP contribution in [0, 0.1) is 0 Å². The van der Waals surface area contributed by atoms with Gasteiger partial charge in [0.1, 0.15) is 12.4 Å². The van der Waals surface area contributed by atoms with Gasteiger partial charge in [-0.05, 0) is 18.6 Å². The van der Waals surface area contributed by atoms with Gasteiger partial charge >= 0.3 is 0 Å². The van der Waals surface area contributed by atoms with Crippen molar-refractivity contribution in [2.45, 2.75) is 18.6 Å². The van der Waals surface area contributed by atoms with Crippen molar-refractivity contribution in [1.29, 1.82) is 0 Å². The lowest BCUT2D eigenvalue weighted by Gasteiger charge is -2.20. The maximum Gasteiger partial charge on any atom is 0.258 e. The molecule has 1 saturated heterocycles. The van der Waals surface area contributed by atoms with E-state index in [1.165, 1.54) is 0 Å². The third-order valence-electron chi connectivity index (χ3n) is 3.20. The van der Waals surface area contributed by atoms with E-state index in [9.17, 15) is 9.90 Å². The summed E-state index contributed by atoms with van der Waals surface area (Å²) in [5, 5.41) is 9.57. The first-order chi connectivity index (χ1) is 7.75. The van der Waals surface area contributed by atoms with E-state index in [2.05, 4.69) is 0 Å². The average molecular weight is 219 g/mol. The van der Waals surface area contributed by atoms with Crippen molar-refractivity contribution in [2.75, 3.05) is 13.2 Å². The van der Waals surface area contributed by atoms with Crippen LogP contribution in [0.3, 0.4) is 0 Å². The third kappa shape index (κ3) is 1.38. The number of ether oxygens (including phenoxy) is 1. The van der Waals surface area contributed by atoms with Crippen LogP contribution in [0.2, 0.25) is 0 Å². The highest BCUT2D eigenvalue weighted by Gasteiger charge is 2.38. The van der Waals surface area contributed by atoms with E-state index >= 15 is 0 Å². The summed E-state index contributed by atoms with van der Waals surface area (Å²) >= 11 is 0. The Morgan fingerprint density at radius 2 is 2.19 bits per heavy atom. The van der Waals surface area contributed by atoms with Gasteiger partial charge in [0.25, 0.3) is 5.91 Å². The second-order valence-electron chi connectivity index (χ2n) is 4.31. The van der Waals surface area contributed by atoms with Crippen molar-refractivity contribution < 1.29 is 14.6 Å². The number of para-hydroxylation sites is 1. The molecule has 0 aliphatic carbocycles. The molecule has 0 aromatic heterocycles. The standard InChI is InChI=1S/C12H13NO3/c14-9-5-8-7-16-11-4-2-1-3-10(11)12(15)13(8)6-9/h1-4,8-9,14H,5-7H2/t8?,9-/m1/s1. The zero-order valence-electron chi connectivity index (χ0n) is 8.80. The zero-order chi connectivity index (χ0) is 11.1. The van der Waals surface area contributed by atoms with E-state index in [1.807, 2.05) is 18.2 Å². The monoisotopic (exact) mass is 219 g/mol. The molecule has 16 heavy (non-hydrogen) atoms. The molecule has 0 bridgehead atoms. The molecule has 1 N–H and O–H groups in total. The molecule has 0 spiro atoms. The van der Waals surface area contributed by atoms with Crippen LogP contribution in [-0.4, -0.2) is 41.2 Å². The third-order valence-corrected chi connectivity index (χ3v) is 3.20. The van der Waals surface area contributed by atoms with Crippen LogP contribution in [0.1, 0.15) is 16.8 Å². The molecule has 1 aromatic rings. The first-order valence-corrected chi connectivity index (χ1v) is 5.46. The number of benzene rings is 1. The number of carbonyl (C=O) groups excluding carboxylic acids is 1. The Morgan fingerprint density at radius 3 is 3.06 bits per heavy atom. The summed E-state index contributed by atoms with van der Waals surface area (Å²) in [5.74, 6) is 0.617. The molecule has 2 atom stereocenters. The van der Waals surface area contributed by atoms with Gasteiger partial charge < -0.3 is 14.7 Å². The second kappa shape index (κ2) is 3.49. The van der Waals surface area contributed by atoms with Gasteiger partial charge in [0, 0.05) is 6.54 Å². The Hall–Kier alpha value is -1.55. The van der Waals surface area contributed by atoms with Crippen LogP contribution in [0.4, 0.5) is 0 Å². The molecule has 1 unspecified atom stereocenters. The van der Waals surface area contributed by atoms with E-state index in [4.69, 9.17) is 4.74 Å². The lowest BCUT2D eigenvalue weighted by Crippen LogP contribution is -2.36. The quantitative estimate of drug-likeness (QED) is 0.697. The summed E-state index contributed by atoms with van der Waals surface area (Å²) < 4.78 is 5.61. The molecule has 2 aliphatic rings. The number of aliphatic hydroxyl groups excluding tert-OH is 1. The van der Waals surface area contributed by atoms with E-state index in [0.29, 0.717) is 30.9 Å². The normalized spacial score (nSPS) is 28.1. The molecular weight excluding hydrogens is 206 g/mol. The van der Waals surface area contributed by atoms with Crippen LogP contribution >= 0.6 is 0 Å². The number of rotatable bonds is 0. The highest BCUT2D eigenvalue weighted by molar-refractivity contribution is 5.97. The van der Waals surface area contributed by atoms with Gasteiger partial charge in [0.2, 0.25) is 0 Å². The summed E-state index contributed by atoms with van der Waals surface area (Å²) in [6.07, 6.45) is 0.197. The Bertz CT molecular complexity index is 432. The van der Waals surface area contributed by atoms with Gasteiger partial charge in [-0.25, -0.2) is 0 Å². The fraction of sp³-hybridized carbons (Fsp3) is 0.417. The Morgan fingerprint density at radius 1 is 1.38 bits per heavy atom. The minimum atomic E-state index is -0.414. The number of hydrogen-bond acceptors (Lipinski definition) is 3. The minimum Gasteiger partial charge on any atom is -0.491 e. The molecule has 0 saturated carbocycles. The van der Waals surface area contributed by atoms with Gasteiger partial charge in [0.15, 0.2) is 0 Å². The number of fused-ring (bicyclic) bond motifs is 2. The maximum absolute atomic E-state index is 12.2. The van der Waals surface area contributed by atoms with E-state index in [1.54, 1.807) is 11.0 Å². The smallest absolute Gasteiger partial charge is 0.258 e. The average Bonchev–Trinajstić information content (AvgIpc) is 2.62. The molecular formula is C12H13NO3. The summed E-state index contributed by atoms with van der Waals surface area (Å²) in [6, 6.07) is 7.27. The lowest BCUT2D eigenvalue weighted by atomic mass is 10.2. The molecule has 3 rings (SSSR count). The van der Waals surface area contributed by atoms with Crippen LogP contribution in [-0.2, 0) is 0 Å². The molecule has 1 aromatic carbocycles. The van der Waals surface area contributed by atoms with Crippen LogP contribution < -0.4 is 4.74 Å². The lowest BCUT2D eigenvalue weighted by molar-refractivity contribution is 0.0710. The Labute approximate surface area is 93.4 Å². The van der Waals surface area contributed by atoms with Crippen molar-refractivity contribution in [3.8, 4) is 5.75 Å². The van der Waals surface area contributed by atoms with Crippen LogP contribution in [0.15, 0.2) is 24.3 Å². The van der Waals surface area contributed by atoms with Crippen molar-refractivity contribution in [3.63, 3.8) is 0 Å². The van der Waals surface area contributed by atoms with Gasteiger partial charge in [-0.15, -0.1) is 0 Å². The first-order valence-electron chi connectivity index (χ1n) is 5.46. The van der Waals surface area contributed by atoms with Gasteiger partial charge in [0.05, 0.1) is 17.7 Å². The largest absolute Gasteiger partial charge is 0.491 e. The SMILES string of the molecule is O=C1c2ccccc2OCC2C[C@@H](O)CN12. The van der Waals surface area contributed by atoms with Crippen LogP contribution in [0.5, 0.6) is 5.75 Å².